The van der Waals surface area contributed by atoms with Crippen LogP contribution in [0.15, 0.2) is 60.7 Å². The molecule has 26 heavy (non-hydrogen) atoms. The van der Waals surface area contributed by atoms with E-state index in [2.05, 4.69) is 12.1 Å². The number of carbonyl (C=O) groups excluding carboxylic acids is 1. The second kappa shape index (κ2) is 7.91. The number of hydrogen-bond donors (Lipinski definition) is 0. The van der Waals surface area contributed by atoms with E-state index >= 15 is 0 Å². The predicted molar refractivity (Wildman–Crippen MR) is 104 cm³/mol. The van der Waals surface area contributed by atoms with Gasteiger partial charge in [0.2, 0.25) is 0 Å². The Balaban J connectivity index is 1.62. The number of amides is 1. The highest BCUT2D eigenvalue weighted by Gasteiger charge is 2.11. The number of fused-ring (bicyclic) bond motifs is 1. The van der Waals surface area contributed by atoms with Gasteiger partial charge in [-0.2, -0.15) is 0 Å². The lowest BCUT2D eigenvalue weighted by atomic mass is 10.1. The van der Waals surface area contributed by atoms with Crippen LogP contribution < -0.4 is 9.47 Å². The van der Waals surface area contributed by atoms with E-state index in [1.54, 1.807) is 19.1 Å². The summed E-state index contributed by atoms with van der Waals surface area (Å²) in [7, 11) is 3.45. The number of methoxy groups -OCH3 is 1. The van der Waals surface area contributed by atoms with Crippen LogP contribution in [-0.4, -0.2) is 31.6 Å². The fraction of sp³-hybridized carbons (Fsp3) is 0.227. The van der Waals surface area contributed by atoms with Crippen molar-refractivity contribution in [2.45, 2.75) is 13.5 Å². The number of hydrogen-bond acceptors (Lipinski definition) is 3. The van der Waals surface area contributed by atoms with Gasteiger partial charge in [0.1, 0.15) is 11.5 Å². The largest absolute Gasteiger partial charge is 0.497 e. The minimum atomic E-state index is -0.0543. The van der Waals surface area contributed by atoms with Crippen molar-refractivity contribution in [3.8, 4) is 11.5 Å². The molecular weight excluding hydrogens is 326 g/mol. The molecule has 4 heteroatoms. The average molecular weight is 349 g/mol. The van der Waals surface area contributed by atoms with E-state index in [-0.39, 0.29) is 12.5 Å². The quantitative estimate of drug-likeness (QED) is 0.670. The van der Waals surface area contributed by atoms with Crippen molar-refractivity contribution in [1.82, 2.24) is 4.90 Å². The van der Waals surface area contributed by atoms with Crippen molar-refractivity contribution in [3.63, 3.8) is 0 Å². The van der Waals surface area contributed by atoms with Gasteiger partial charge in [-0.1, -0.05) is 30.3 Å². The molecule has 0 aliphatic rings. The Kier molecular flexibility index (Phi) is 5.42. The van der Waals surface area contributed by atoms with E-state index in [1.807, 2.05) is 55.5 Å². The first-order chi connectivity index (χ1) is 12.5. The highest BCUT2D eigenvalue weighted by Crippen LogP contribution is 2.22. The first-order valence-corrected chi connectivity index (χ1v) is 8.55. The van der Waals surface area contributed by atoms with Gasteiger partial charge in [0.25, 0.3) is 5.91 Å². The third-order valence-electron chi connectivity index (χ3n) is 4.31. The topological polar surface area (TPSA) is 38.8 Å². The Morgan fingerprint density at radius 3 is 2.50 bits per heavy atom. The maximum absolute atomic E-state index is 12.3. The Hall–Kier alpha value is -3.01. The van der Waals surface area contributed by atoms with Crippen LogP contribution in [0.5, 0.6) is 11.5 Å². The summed E-state index contributed by atoms with van der Waals surface area (Å²) in [5.74, 6) is 1.50. The van der Waals surface area contributed by atoms with E-state index in [1.165, 1.54) is 0 Å². The molecule has 3 aromatic carbocycles. The molecule has 0 aliphatic carbocycles. The normalized spacial score (nSPS) is 10.6. The van der Waals surface area contributed by atoms with Crippen LogP contribution in [0.4, 0.5) is 0 Å². The highest BCUT2D eigenvalue weighted by atomic mass is 16.5. The molecule has 0 N–H and O–H groups in total. The molecule has 0 aromatic heterocycles. The fourth-order valence-corrected chi connectivity index (χ4v) is 2.82. The van der Waals surface area contributed by atoms with Crippen LogP contribution in [0.25, 0.3) is 10.8 Å². The van der Waals surface area contributed by atoms with Crippen LogP contribution in [0.2, 0.25) is 0 Å². The van der Waals surface area contributed by atoms with E-state index in [0.29, 0.717) is 12.3 Å². The molecule has 1 amide bonds. The van der Waals surface area contributed by atoms with Crippen LogP contribution in [0.1, 0.15) is 11.1 Å². The van der Waals surface area contributed by atoms with Gasteiger partial charge in [-0.15, -0.1) is 0 Å². The van der Waals surface area contributed by atoms with Crippen LogP contribution in [-0.2, 0) is 11.3 Å². The zero-order valence-electron chi connectivity index (χ0n) is 15.4. The summed E-state index contributed by atoms with van der Waals surface area (Å²) in [4.78, 5) is 14.0. The molecule has 0 atom stereocenters. The number of rotatable bonds is 6. The zero-order valence-corrected chi connectivity index (χ0v) is 15.4. The molecule has 4 nitrogen and oxygen atoms in total. The summed E-state index contributed by atoms with van der Waals surface area (Å²) < 4.78 is 10.9. The van der Waals surface area contributed by atoms with Gasteiger partial charge in [0, 0.05) is 13.6 Å². The average Bonchev–Trinajstić information content (AvgIpc) is 2.65. The van der Waals surface area contributed by atoms with Gasteiger partial charge in [-0.25, -0.2) is 0 Å². The molecule has 0 bridgehead atoms. The molecule has 0 saturated carbocycles. The summed E-state index contributed by atoms with van der Waals surface area (Å²) in [6.45, 7) is 2.57. The van der Waals surface area contributed by atoms with Gasteiger partial charge in [0.05, 0.1) is 7.11 Å². The second-order valence-corrected chi connectivity index (χ2v) is 6.40. The van der Waals surface area contributed by atoms with Gasteiger partial charge in [0.15, 0.2) is 6.61 Å². The molecule has 0 unspecified atom stereocenters. The van der Waals surface area contributed by atoms with Crippen molar-refractivity contribution in [2.24, 2.45) is 0 Å². The van der Waals surface area contributed by atoms with E-state index in [4.69, 9.17) is 9.47 Å². The lowest BCUT2D eigenvalue weighted by Crippen LogP contribution is -2.30. The number of ether oxygens (including phenoxy) is 2. The number of aryl methyl sites for hydroxylation is 1. The van der Waals surface area contributed by atoms with Crippen LogP contribution >= 0.6 is 0 Å². The third kappa shape index (κ3) is 4.33. The Morgan fingerprint density at radius 2 is 1.73 bits per heavy atom. The van der Waals surface area contributed by atoms with Crippen molar-refractivity contribution >= 4 is 16.7 Å². The maximum Gasteiger partial charge on any atom is 0.260 e. The van der Waals surface area contributed by atoms with Gasteiger partial charge in [-0.3, -0.25) is 4.79 Å². The maximum atomic E-state index is 12.3. The molecule has 0 spiro atoms. The summed E-state index contributed by atoms with van der Waals surface area (Å²) in [5, 5.41) is 2.24. The SMILES string of the molecule is COc1ccc2cc(CN(C)C(=O)COc3cccc(C)c3)ccc2c1. The van der Waals surface area contributed by atoms with Crippen molar-refractivity contribution < 1.29 is 14.3 Å². The van der Waals surface area contributed by atoms with Crippen molar-refractivity contribution in [1.29, 1.82) is 0 Å². The smallest absolute Gasteiger partial charge is 0.260 e. The standard InChI is InChI=1S/C22H23NO3/c1-16-5-4-6-21(11-16)26-15-22(24)23(2)14-17-7-8-19-13-20(25-3)10-9-18(19)12-17/h4-13H,14-15H2,1-3H3. The summed E-state index contributed by atoms with van der Waals surface area (Å²) in [6, 6.07) is 19.9. The number of carbonyl (C=O) groups is 1. The summed E-state index contributed by atoms with van der Waals surface area (Å²) >= 11 is 0. The molecule has 0 heterocycles. The molecule has 0 radical (unpaired) electrons. The molecule has 0 fully saturated rings. The van der Waals surface area contributed by atoms with E-state index < -0.39 is 0 Å². The minimum absolute atomic E-state index is 0.0325. The Labute approximate surface area is 154 Å². The molecule has 0 saturated heterocycles. The minimum Gasteiger partial charge on any atom is -0.497 e. The van der Waals surface area contributed by atoms with Crippen molar-refractivity contribution in [2.75, 3.05) is 20.8 Å². The van der Waals surface area contributed by atoms with Crippen LogP contribution in [0.3, 0.4) is 0 Å². The highest BCUT2D eigenvalue weighted by molar-refractivity contribution is 5.84. The Morgan fingerprint density at radius 1 is 0.962 bits per heavy atom. The first kappa shape index (κ1) is 17.8. The molecular formula is C22H23NO3. The van der Waals surface area contributed by atoms with Gasteiger partial charge < -0.3 is 14.4 Å². The van der Waals surface area contributed by atoms with Crippen LogP contribution in [0, 0.1) is 6.92 Å². The summed E-state index contributed by atoms with van der Waals surface area (Å²) in [6.07, 6.45) is 0. The molecule has 3 aromatic rings. The second-order valence-electron chi connectivity index (χ2n) is 6.40. The van der Waals surface area contributed by atoms with E-state index in [9.17, 15) is 4.79 Å². The van der Waals surface area contributed by atoms with Gasteiger partial charge >= 0.3 is 0 Å². The number of nitrogens with zero attached hydrogens (tertiary/aromatic N) is 1. The third-order valence-corrected chi connectivity index (χ3v) is 4.31. The van der Waals surface area contributed by atoms with E-state index in [0.717, 1.165) is 27.6 Å². The molecule has 134 valence electrons. The Bertz CT molecular complexity index is 920. The first-order valence-electron chi connectivity index (χ1n) is 8.55. The van der Waals surface area contributed by atoms with Crippen molar-refractivity contribution in [3.05, 3.63) is 71.8 Å². The number of benzene rings is 3. The number of likely N-dealkylation sites (N-methyl/N-ethyl adjacent to an activating group) is 1. The monoisotopic (exact) mass is 349 g/mol. The summed E-state index contributed by atoms with van der Waals surface area (Å²) in [5.41, 5.74) is 2.19. The molecule has 3 rings (SSSR count). The molecule has 0 aliphatic heterocycles. The lowest BCUT2D eigenvalue weighted by molar-refractivity contribution is -0.132. The lowest BCUT2D eigenvalue weighted by Gasteiger charge is -2.18. The zero-order chi connectivity index (χ0) is 18.5. The predicted octanol–water partition coefficient (Wildman–Crippen LogP) is 4.19. The van der Waals surface area contributed by atoms with Gasteiger partial charge in [-0.05, 0) is 59.2 Å². The fourth-order valence-electron chi connectivity index (χ4n) is 2.82.